The largest absolute Gasteiger partial charge is 0.493 e. The zero-order valence-corrected chi connectivity index (χ0v) is 21.1. The number of carbonyl (C=O) groups is 1. The van der Waals surface area contributed by atoms with E-state index in [2.05, 4.69) is 22.1 Å². The highest BCUT2D eigenvalue weighted by Crippen LogP contribution is 2.33. The van der Waals surface area contributed by atoms with Crippen LogP contribution < -0.4 is 14.8 Å². The quantitative estimate of drug-likeness (QED) is 0.411. The van der Waals surface area contributed by atoms with Crippen LogP contribution in [0.1, 0.15) is 26.2 Å². The van der Waals surface area contributed by atoms with Gasteiger partial charge in [0.15, 0.2) is 11.5 Å². The van der Waals surface area contributed by atoms with Gasteiger partial charge in [-0.2, -0.15) is 0 Å². The normalized spacial score (nSPS) is 14.0. The number of thiophene rings is 1. The number of carbonyl (C=O) groups excluding carboxylic acids is 1. The molecule has 1 aliphatic heterocycles. The topological polar surface area (TPSA) is 85.8 Å². The first-order valence-corrected chi connectivity index (χ1v) is 12.9. The molecule has 0 bridgehead atoms. The van der Waals surface area contributed by atoms with Crippen LogP contribution in [0.3, 0.4) is 0 Å². The van der Waals surface area contributed by atoms with E-state index < -0.39 is 0 Å². The van der Waals surface area contributed by atoms with E-state index in [9.17, 15) is 4.79 Å². The molecule has 2 aromatic heterocycles. The van der Waals surface area contributed by atoms with Crippen LogP contribution in [0.25, 0.3) is 21.8 Å². The molecule has 3 aromatic rings. The van der Waals surface area contributed by atoms with Crippen molar-refractivity contribution in [3.63, 3.8) is 0 Å². The number of amides is 1. The Morgan fingerprint density at radius 1 is 1.17 bits per heavy atom. The Bertz CT molecular complexity index is 1110. The molecule has 9 heteroatoms. The molecule has 1 amide bonds. The SMILES string of the molecule is CCCCC(=O)Nc1csc(-c2cncc(-c3ccc(OCCN4CCOCC4)c(OC)c3)n2)c1. The van der Waals surface area contributed by atoms with E-state index in [1.165, 1.54) is 11.3 Å². The lowest BCUT2D eigenvalue weighted by Crippen LogP contribution is -2.38. The molecule has 4 rings (SSSR count). The molecular formula is C26H32N4O4S. The standard InChI is InChI=1S/C26H32N4O4S/c1-3-4-5-26(31)28-20-15-25(35-18-20)22-17-27-16-21(29-22)19-6-7-23(24(14-19)32-2)34-13-10-30-8-11-33-12-9-30/h6-7,14-18H,3-5,8-13H2,1-2H3,(H,28,31). The number of anilines is 1. The highest BCUT2D eigenvalue weighted by atomic mass is 32.1. The van der Waals surface area contributed by atoms with Crippen molar-refractivity contribution in [2.75, 3.05) is 51.9 Å². The minimum atomic E-state index is 0.0374. The van der Waals surface area contributed by atoms with E-state index in [0.29, 0.717) is 24.5 Å². The van der Waals surface area contributed by atoms with Gasteiger partial charge in [0.05, 0.1) is 54.7 Å². The van der Waals surface area contributed by atoms with E-state index in [1.807, 2.05) is 29.6 Å². The van der Waals surface area contributed by atoms with Gasteiger partial charge in [-0.1, -0.05) is 13.3 Å². The number of morpholine rings is 1. The number of nitrogens with one attached hydrogen (secondary N) is 1. The molecule has 0 atom stereocenters. The van der Waals surface area contributed by atoms with Gasteiger partial charge in [0.1, 0.15) is 6.61 Å². The van der Waals surface area contributed by atoms with Crippen LogP contribution in [0, 0.1) is 0 Å². The number of benzene rings is 1. The molecule has 3 heterocycles. The monoisotopic (exact) mass is 496 g/mol. The Kier molecular flexibility index (Phi) is 9.05. The van der Waals surface area contributed by atoms with Crippen molar-refractivity contribution in [2.24, 2.45) is 0 Å². The number of aromatic nitrogens is 2. The maximum Gasteiger partial charge on any atom is 0.224 e. The highest BCUT2D eigenvalue weighted by Gasteiger charge is 2.13. The van der Waals surface area contributed by atoms with Crippen LogP contribution in [-0.4, -0.2) is 67.3 Å². The Labute approximate surface area is 210 Å². The molecule has 186 valence electrons. The van der Waals surface area contributed by atoms with Crippen LogP contribution in [0.5, 0.6) is 11.5 Å². The number of hydrogen-bond donors (Lipinski definition) is 1. The summed E-state index contributed by atoms with van der Waals surface area (Å²) >= 11 is 1.53. The van der Waals surface area contributed by atoms with Gasteiger partial charge in [-0.05, 0) is 30.7 Å². The van der Waals surface area contributed by atoms with Gasteiger partial charge in [-0.25, -0.2) is 4.98 Å². The second-order valence-electron chi connectivity index (χ2n) is 8.31. The van der Waals surface area contributed by atoms with E-state index in [0.717, 1.165) is 73.2 Å². The lowest BCUT2D eigenvalue weighted by molar-refractivity contribution is -0.116. The zero-order valence-electron chi connectivity index (χ0n) is 20.3. The molecule has 8 nitrogen and oxygen atoms in total. The summed E-state index contributed by atoms with van der Waals surface area (Å²) < 4.78 is 17.0. The average molecular weight is 497 g/mol. The van der Waals surface area contributed by atoms with Crippen molar-refractivity contribution < 1.29 is 19.0 Å². The van der Waals surface area contributed by atoms with E-state index in [1.54, 1.807) is 19.5 Å². The molecule has 1 fully saturated rings. The van der Waals surface area contributed by atoms with Crippen LogP contribution in [-0.2, 0) is 9.53 Å². The summed E-state index contributed by atoms with van der Waals surface area (Å²) in [6.45, 7) is 6.93. The molecule has 1 saturated heterocycles. The second-order valence-corrected chi connectivity index (χ2v) is 9.22. The fourth-order valence-corrected chi connectivity index (χ4v) is 4.57. The average Bonchev–Trinajstić information content (AvgIpc) is 3.36. The number of nitrogens with zero attached hydrogens (tertiary/aromatic N) is 3. The van der Waals surface area contributed by atoms with E-state index in [-0.39, 0.29) is 5.91 Å². The second kappa shape index (κ2) is 12.6. The number of hydrogen-bond acceptors (Lipinski definition) is 8. The summed E-state index contributed by atoms with van der Waals surface area (Å²) in [4.78, 5) is 24.5. The third kappa shape index (κ3) is 7.00. The Morgan fingerprint density at radius 2 is 2.00 bits per heavy atom. The molecule has 1 aromatic carbocycles. The number of rotatable bonds is 11. The van der Waals surface area contributed by atoms with Gasteiger partial charge in [0, 0.05) is 37.0 Å². The zero-order chi connectivity index (χ0) is 24.5. The third-order valence-corrected chi connectivity index (χ3v) is 6.71. The molecule has 1 aliphatic rings. The van der Waals surface area contributed by atoms with Crippen LogP contribution >= 0.6 is 11.3 Å². The smallest absolute Gasteiger partial charge is 0.224 e. The van der Waals surface area contributed by atoms with Crippen molar-refractivity contribution in [3.05, 3.63) is 42.0 Å². The molecular weight excluding hydrogens is 464 g/mol. The summed E-state index contributed by atoms with van der Waals surface area (Å²) in [6.07, 6.45) is 5.89. The number of methoxy groups -OCH3 is 1. The Balaban J connectivity index is 1.42. The first kappa shape index (κ1) is 25.1. The van der Waals surface area contributed by atoms with Gasteiger partial charge in [-0.3, -0.25) is 14.7 Å². The fraction of sp³-hybridized carbons (Fsp3) is 0.423. The summed E-state index contributed by atoms with van der Waals surface area (Å²) in [7, 11) is 1.64. The fourth-order valence-electron chi connectivity index (χ4n) is 3.78. The summed E-state index contributed by atoms with van der Waals surface area (Å²) in [5.41, 5.74) is 3.17. The van der Waals surface area contributed by atoms with Gasteiger partial charge < -0.3 is 19.5 Å². The summed E-state index contributed by atoms with van der Waals surface area (Å²) in [5, 5.41) is 4.89. The van der Waals surface area contributed by atoms with Crippen LogP contribution in [0.2, 0.25) is 0 Å². The van der Waals surface area contributed by atoms with Gasteiger partial charge in [0.2, 0.25) is 5.91 Å². The van der Waals surface area contributed by atoms with Gasteiger partial charge >= 0.3 is 0 Å². The molecule has 0 saturated carbocycles. The molecule has 35 heavy (non-hydrogen) atoms. The van der Waals surface area contributed by atoms with Crippen molar-refractivity contribution in [3.8, 4) is 33.3 Å². The molecule has 0 radical (unpaired) electrons. The lowest BCUT2D eigenvalue weighted by Gasteiger charge is -2.26. The molecule has 0 aliphatic carbocycles. The predicted molar refractivity (Wildman–Crippen MR) is 138 cm³/mol. The third-order valence-electron chi connectivity index (χ3n) is 5.76. The highest BCUT2D eigenvalue weighted by molar-refractivity contribution is 7.14. The predicted octanol–water partition coefficient (Wildman–Crippen LogP) is 4.72. The first-order valence-electron chi connectivity index (χ1n) is 12.0. The Hall–Kier alpha value is -3.01. The summed E-state index contributed by atoms with van der Waals surface area (Å²) in [5.74, 6) is 1.40. The first-order chi connectivity index (χ1) is 17.2. The van der Waals surface area contributed by atoms with Crippen molar-refractivity contribution in [1.29, 1.82) is 0 Å². The van der Waals surface area contributed by atoms with Gasteiger partial charge in [0.25, 0.3) is 0 Å². The van der Waals surface area contributed by atoms with E-state index in [4.69, 9.17) is 19.2 Å². The van der Waals surface area contributed by atoms with Gasteiger partial charge in [-0.15, -0.1) is 11.3 Å². The Morgan fingerprint density at radius 3 is 2.80 bits per heavy atom. The minimum Gasteiger partial charge on any atom is -0.493 e. The maximum absolute atomic E-state index is 12.0. The lowest BCUT2D eigenvalue weighted by atomic mass is 10.1. The maximum atomic E-state index is 12.0. The van der Waals surface area contributed by atoms with Crippen molar-refractivity contribution in [1.82, 2.24) is 14.9 Å². The summed E-state index contributed by atoms with van der Waals surface area (Å²) in [6, 6.07) is 7.74. The van der Waals surface area contributed by atoms with Crippen molar-refractivity contribution in [2.45, 2.75) is 26.2 Å². The molecule has 0 unspecified atom stereocenters. The number of ether oxygens (including phenoxy) is 3. The molecule has 0 spiro atoms. The van der Waals surface area contributed by atoms with Crippen LogP contribution in [0.4, 0.5) is 5.69 Å². The van der Waals surface area contributed by atoms with Crippen molar-refractivity contribution >= 4 is 22.9 Å². The minimum absolute atomic E-state index is 0.0374. The van der Waals surface area contributed by atoms with Crippen LogP contribution in [0.15, 0.2) is 42.0 Å². The van der Waals surface area contributed by atoms with E-state index >= 15 is 0 Å². The molecule has 1 N–H and O–H groups in total. The number of unbranched alkanes of at least 4 members (excludes halogenated alkanes) is 1.